The van der Waals surface area contributed by atoms with Crippen LogP contribution in [-0.2, 0) is 12.1 Å². The van der Waals surface area contributed by atoms with Crippen molar-refractivity contribution in [2.45, 2.75) is 51.6 Å². The third-order valence-corrected chi connectivity index (χ3v) is 4.69. The van der Waals surface area contributed by atoms with Crippen molar-refractivity contribution in [1.82, 2.24) is 9.55 Å². The van der Waals surface area contributed by atoms with E-state index in [4.69, 9.17) is 5.73 Å². The summed E-state index contributed by atoms with van der Waals surface area (Å²) in [5.74, 6) is 2.85. The van der Waals surface area contributed by atoms with Gasteiger partial charge in [0.2, 0.25) is 0 Å². The van der Waals surface area contributed by atoms with Crippen molar-refractivity contribution in [2.24, 2.45) is 23.5 Å². The molecule has 3 heteroatoms. The lowest BCUT2D eigenvalue weighted by Gasteiger charge is -2.26. The number of hydrogen-bond donors (Lipinski definition) is 1. The second-order valence-electron chi connectivity index (χ2n) is 6.59. The van der Waals surface area contributed by atoms with Crippen molar-refractivity contribution in [3.05, 3.63) is 18.2 Å². The Balaban J connectivity index is 1.75. The van der Waals surface area contributed by atoms with Crippen LogP contribution in [0.15, 0.2) is 12.5 Å². The van der Waals surface area contributed by atoms with Crippen LogP contribution in [0.5, 0.6) is 0 Å². The first-order valence-corrected chi connectivity index (χ1v) is 6.83. The van der Waals surface area contributed by atoms with Gasteiger partial charge < -0.3 is 10.3 Å². The Morgan fingerprint density at radius 3 is 2.82 bits per heavy atom. The molecule has 1 aromatic rings. The van der Waals surface area contributed by atoms with E-state index in [-0.39, 0.29) is 5.54 Å². The van der Waals surface area contributed by atoms with E-state index in [2.05, 4.69) is 23.4 Å². The Hall–Kier alpha value is -0.830. The van der Waals surface area contributed by atoms with Gasteiger partial charge in [0.15, 0.2) is 0 Å². The molecular formula is C14H23N3. The summed E-state index contributed by atoms with van der Waals surface area (Å²) in [4.78, 5) is 4.28. The van der Waals surface area contributed by atoms with E-state index in [0.717, 1.165) is 24.3 Å². The molecule has 17 heavy (non-hydrogen) atoms. The molecule has 1 heterocycles. The number of rotatable bonds is 3. The Kier molecular flexibility index (Phi) is 2.54. The molecule has 0 aliphatic heterocycles. The van der Waals surface area contributed by atoms with Crippen molar-refractivity contribution in [3.63, 3.8) is 0 Å². The molecular weight excluding hydrogens is 210 g/mol. The van der Waals surface area contributed by atoms with Gasteiger partial charge in [0, 0.05) is 12.7 Å². The maximum Gasteiger partial charge on any atom is 0.0948 e. The van der Waals surface area contributed by atoms with E-state index in [1.165, 1.54) is 31.4 Å². The Morgan fingerprint density at radius 2 is 2.24 bits per heavy atom. The quantitative estimate of drug-likeness (QED) is 0.871. The van der Waals surface area contributed by atoms with Gasteiger partial charge in [-0.25, -0.2) is 4.98 Å². The smallest absolute Gasteiger partial charge is 0.0948 e. The van der Waals surface area contributed by atoms with Crippen LogP contribution < -0.4 is 5.73 Å². The molecule has 1 aromatic heterocycles. The maximum absolute atomic E-state index is 6.19. The van der Waals surface area contributed by atoms with Crippen LogP contribution in [0, 0.1) is 17.8 Å². The lowest BCUT2D eigenvalue weighted by molar-refractivity contribution is 0.288. The van der Waals surface area contributed by atoms with Crippen molar-refractivity contribution >= 4 is 0 Å². The minimum atomic E-state index is -0.284. The molecule has 0 radical (unpaired) electrons. The van der Waals surface area contributed by atoms with Crippen LogP contribution in [0.25, 0.3) is 0 Å². The highest BCUT2D eigenvalue weighted by atomic mass is 15.1. The highest BCUT2D eigenvalue weighted by Gasteiger charge is 2.39. The fraction of sp³-hybridized carbons (Fsp3) is 0.786. The summed E-state index contributed by atoms with van der Waals surface area (Å²) in [6.07, 6.45) is 9.70. The zero-order valence-corrected chi connectivity index (χ0v) is 10.9. The molecule has 3 rings (SSSR count). The number of imidazole rings is 1. The van der Waals surface area contributed by atoms with Crippen LogP contribution in [0.4, 0.5) is 0 Å². The average molecular weight is 233 g/mol. The van der Waals surface area contributed by atoms with E-state index >= 15 is 0 Å². The maximum atomic E-state index is 6.19. The molecule has 3 atom stereocenters. The molecule has 0 spiro atoms. The molecule has 2 saturated carbocycles. The van der Waals surface area contributed by atoms with E-state index in [0.29, 0.717) is 0 Å². The first kappa shape index (κ1) is 11.3. The van der Waals surface area contributed by atoms with Crippen LogP contribution in [-0.4, -0.2) is 9.55 Å². The van der Waals surface area contributed by atoms with Gasteiger partial charge in [-0.3, -0.25) is 0 Å². The van der Waals surface area contributed by atoms with Crippen molar-refractivity contribution < 1.29 is 0 Å². The predicted octanol–water partition coefficient (Wildman–Crippen LogP) is 2.51. The average Bonchev–Trinajstić information content (AvgIpc) is 2.89. The lowest BCUT2D eigenvalue weighted by Crippen LogP contribution is -2.32. The van der Waals surface area contributed by atoms with Gasteiger partial charge in [-0.1, -0.05) is 6.42 Å². The van der Waals surface area contributed by atoms with Crippen molar-refractivity contribution in [2.75, 3.05) is 0 Å². The third kappa shape index (κ3) is 2.01. The van der Waals surface area contributed by atoms with Crippen LogP contribution in [0.1, 0.15) is 45.2 Å². The second-order valence-corrected chi connectivity index (χ2v) is 6.59. The molecule has 94 valence electrons. The first-order valence-electron chi connectivity index (χ1n) is 6.83. The molecule has 3 unspecified atom stereocenters. The molecule has 0 amide bonds. The third-order valence-electron chi connectivity index (χ3n) is 4.69. The molecule has 2 aliphatic carbocycles. The van der Waals surface area contributed by atoms with Gasteiger partial charge in [-0.05, 0) is 50.9 Å². The number of aromatic nitrogens is 2. The van der Waals surface area contributed by atoms with Gasteiger partial charge in [0.25, 0.3) is 0 Å². The highest BCUT2D eigenvalue weighted by molar-refractivity contribution is 5.10. The molecule has 2 fully saturated rings. The minimum absolute atomic E-state index is 0.284. The zero-order valence-electron chi connectivity index (χ0n) is 10.9. The Labute approximate surface area is 103 Å². The van der Waals surface area contributed by atoms with E-state index in [1.54, 1.807) is 0 Å². The summed E-state index contributed by atoms with van der Waals surface area (Å²) in [6.45, 7) is 5.24. The van der Waals surface area contributed by atoms with Gasteiger partial charge in [0.05, 0.1) is 17.6 Å². The number of nitrogens with zero attached hydrogens (tertiary/aromatic N) is 2. The minimum Gasteiger partial charge on any atom is -0.333 e. The summed E-state index contributed by atoms with van der Waals surface area (Å²) in [6, 6.07) is 0. The highest BCUT2D eigenvalue weighted by Crippen LogP contribution is 2.48. The summed E-state index contributed by atoms with van der Waals surface area (Å²) in [7, 11) is 0. The number of nitrogens with two attached hydrogens (primary N) is 1. The molecule has 0 saturated heterocycles. The van der Waals surface area contributed by atoms with E-state index in [1.807, 2.05) is 12.5 Å². The summed E-state index contributed by atoms with van der Waals surface area (Å²) in [5, 5.41) is 0. The van der Waals surface area contributed by atoms with Crippen LogP contribution >= 0.6 is 0 Å². The fourth-order valence-corrected chi connectivity index (χ4v) is 3.86. The van der Waals surface area contributed by atoms with Gasteiger partial charge in [0.1, 0.15) is 0 Å². The molecule has 2 bridgehead atoms. The topological polar surface area (TPSA) is 43.8 Å². The Morgan fingerprint density at radius 1 is 1.41 bits per heavy atom. The van der Waals surface area contributed by atoms with Gasteiger partial charge in [-0.15, -0.1) is 0 Å². The van der Waals surface area contributed by atoms with Crippen molar-refractivity contribution in [3.8, 4) is 0 Å². The Bertz CT molecular complexity index is 402. The fourth-order valence-electron chi connectivity index (χ4n) is 3.86. The first-order chi connectivity index (χ1) is 8.04. The molecule has 0 aromatic carbocycles. The van der Waals surface area contributed by atoms with Gasteiger partial charge in [-0.2, -0.15) is 0 Å². The summed E-state index contributed by atoms with van der Waals surface area (Å²) >= 11 is 0. The van der Waals surface area contributed by atoms with E-state index in [9.17, 15) is 0 Å². The summed E-state index contributed by atoms with van der Waals surface area (Å²) < 4.78 is 2.28. The normalized spacial score (nSPS) is 32.3. The van der Waals surface area contributed by atoms with Gasteiger partial charge >= 0.3 is 0 Å². The largest absolute Gasteiger partial charge is 0.333 e. The van der Waals surface area contributed by atoms with E-state index < -0.39 is 0 Å². The molecule has 2 N–H and O–H groups in total. The molecule has 2 aliphatic rings. The number of hydrogen-bond acceptors (Lipinski definition) is 2. The second kappa shape index (κ2) is 3.84. The SMILES string of the molecule is CC(C)(N)c1cncn1CC1CC2CCC1C2. The van der Waals surface area contributed by atoms with Crippen LogP contribution in [0.3, 0.4) is 0 Å². The lowest BCUT2D eigenvalue weighted by atomic mass is 9.88. The summed E-state index contributed by atoms with van der Waals surface area (Å²) in [5.41, 5.74) is 7.07. The van der Waals surface area contributed by atoms with Crippen LogP contribution in [0.2, 0.25) is 0 Å². The molecule has 3 nitrogen and oxygen atoms in total. The van der Waals surface area contributed by atoms with Crippen molar-refractivity contribution in [1.29, 1.82) is 0 Å². The monoisotopic (exact) mass is 233 g/mol. The predicted molar refractivity (Wildman–Crippen MR) is 68.4 cm³/mol. The zero-order chi connectivity index (χ0) is 12.0. The number of fused-ring (bicyclic) bond motifs is 2. The standard InChI is InChI=1S/C14H23N3/c1-14(2,15)13-7-16-9-17(13)8-12-6-10-3-4-11(12)5-10/h7,9-12H,3-6,8,15H2,1-2H3.